The summed E-state index contributed by atoms with van der Waals surface area (Å²) in [5.74, 6) is -0.0445. The molecule has 0 spiro atoms. The highest BCUT2D eigenvalue weighted by Gasteiger charge is 2.17. The quantitative estimate of drug-likeness (QED) is 0.689. The number of carbonyl (C=O) groups excluding carboxylic acids is 1. The summed E-state index contributed by atoms with van der Waals surface area (Å²) >= 11 is 1.40. The summed E-state index contributed by atoms with van der Waals surface area (Å²) in [5.41, 5.74) is 2.16. The first-order valence-electron chi connectivity index (χ1n) is 8.36. The molecule has 0 aliphatic rings. The van der Waals surface area contributed by atoms with Gasteiger partial charge in [0.2, 0.25) is 0 Å². The van der Waals surface area contributed by atoms with Crippen molar-refractivity contribution in [2.75, 3.05) is 30.4 Å². The Morgan fingerprint density at radius 3 is 2.50 bits per heavy atom. The highest BCUT2D eigenvalue weighted by molar-refractivity contribution is 7.23. The van der Waals surface area contributed by atoms with Crippen molar-refractivity contribution < 1.29 is 13.9 Å². The first-order valence-corrected chi connectivity index (χ1v) is 9.18. The molecule has 26 heavy (non-hydrogen) atoms. The third kappa shape index (κ3) is 3.48. The minimum atomic E-state index is -0.380. The number of hydrogen-bond acceptors (Lipinski definition) is 5. The van der Waals surface area contributed by atoms with Crippen LogP contribution in [0.25, 0.3) is 10.2 Å². The van der Waals surface area contributed by atoms with Gasteiger partial charge in [0.05, 0.1) is 17.5 Å². The molecule has 0 aliphatic carbocycles. The zero-order valence-electron chi connectivity index (χ0n) is 14.9. The molecule has 1 aromatic heterocycles. The number of carbonyl (C=O) groups is 1. The van der Waals surface area contributed by atoms with E-state index in [1.54, 1.807) is 7.11 Å². The van der Waals surface area contributed by atoms with Crippen LogP contribution in [0.2, 0.25) is 0 Å². The van der Waals surface area contributed by atoms with Gasteiger partial charge in [-0.1, -0.05) is 11.3 Å². The fraction of sp³-hybridized carbons (Fsp3) is 0.263. The van der Waals surface area contributed by atoms with Crippen molar-refractivity contribution in [3.05, 3.63) is 47.8 Å². The number of methoxy groups -OCH3 is 1. The fourth-order valence-corrected chi connectivity index (χ4v) is 3.79. The molecule has 3 aromatic rings. The van der Waals surface area contributed by atoms with Gasteiger partial charge in [-0.2, -0.15) is 0 Å². The summed E-state index contributed by atoms with van der Waals surface area (Å²) in [6, 6.07) is 9.31. The molecule has 1 amide bonds. The van der Waals surface area contributed by atoms with Gasteiger partial charge in [0, 0.05) is 18.7 Å². The standard InChI is InChI=1S/C19H20FN3O2S/c1-4-23(5-2)14-10-11-15(25-3)16-17(14)26-19(21-16)22-18(24)12-6-8-13(20)9-7-12/h6-11H,4-5H2,1-3H3,(H,21,22,24). The fourth-order valence-electron chi connectivity index (χ4n) is 2.77. The Balaban J connectivity index is 1.98. The van der Waals surface area contributed by atoms with Crippen molar-refractivity contribution in [2.24, 2.45) is 0 Å². The number of nitrogens with zero attached hydrogens (tertiary/aromatic N) is 2. The number of amides is 1. The number of thiazole rings is 1. The number of ether oxygens (including phenoxy) is 1. The second-order valence-electron chi connectivity index (χ2n) is 5.62. The average Bonchev–Trinajstić information content (AvgIpc) is 3.07. The molecule has 0 bridgehead atoms. The van der Waals surface area contributed by atoms with E-state index in [-0.39, 0.29) is 11.7 Å². The molecule has 0 saturated carbocycles. The minimum Gasteiger partial charge on any atom is -0.494 e. The lowest BCUT2D eigenvalue weighted by atomic mass is 10.2. The zero-order valence-corrected chi connectivity index (χ0v) is 15.7. The van der Waals surface area contributed by atoms with E-state index < -0.39 is 0 Å². The SMILES string of the molecule is CCN(CC)c1ccc(OC)c2nc(NC(=O)c3ccc(F)cc3)sc12. The number of fused-ring (bicyclic) bond motifs is 1. The van der Waals surface area contributed by atoms with Crippen LogP contribution in [-0.2, 0) is 0 Å². The maximum absolute atomic E-state index is 13.0. The van der Waals surface area contributed by atoms with Gasteiger partial charge < -0.3 is 9.64 Å². The molecule has 0 aliphatic heterocycles. The highest BCUT2D eigenvalue weighted by atomic mass is 32.1. The van der Waals surface area contributed by atoms with Crippen molar-refractivity contribution in [3.63, 3.8) is 0 Å². The van der Waals surface area contributed by atoms with Gasteiger partial charge in [0.15, 0.2) is 5.13 Å². The van der Waals surface area contributed by atoms with E-state index in [0.717, 1.165) is 29.0 Å². The van der Waals surface area contributed by atoms with Crippen LogP contribution in [0.4, 0.5) is 15.2 Å². The number of rotatable bonds is 6. The summed E-state index contributed by atoms with van der Waals surface area (Å²) in [6.07, 6.45) is 0. The zero-order chi connectivity index (χ0) is 18.7. The number of hydrogen-bond donors (Lipinski definition) is 1. The van der Waals surface area contributed by atoms with Gasteiger partial charge in [-0.25, -0.2) is 9.37 Å². The van der Waals surface area contributed by atoms with E-state index in [1.165, 1.54) is 35.6 Å². The van der Waals surface area contributed by atoms with Crippen LogP contribution in [0.1, 0.15) is 24.2 Å². The van der Waals surface area contributed by atoms with Crippen LogP contribution in [0.15, 0.2) is 36.4 Å². The van der Waals surface area contributed by atoms with Crippen LogP contribution >= 0.6 is 11.3 Å². The molecule has 0 fully saturated rings. The molecule has 2 aromatic carbocycles. The number of aromatic nitrogens is 1. The third-order valence-electron chi connectivity index (χ3n) is 4.14. The second kappa shape index (κ2) is 7.70. The predicted molar refractivity (Wildman–Crippen MR) is 104 cm³/mol. The van der Waals surface area contributed by atoms with Crippen LogP contribution in [-0.4, -0.2) is 31.1 Å². The Labute approximate surface area is 155 Å². The lowest BCUT2D eigenvalue weighted by Gasteiger charge is -2.21. The highest BCUT2D eigenvalue weighted by Crippen LogP contribution is 2.39. The molecular weight excluding hydrogens is 353 g/mol. The molecule has 0 atom stereocenters. The van der Waals surface area contributed by atoms with Gasteiger partial charge in [0.25, 0.3) is 5.91 Å². The van der Waals surface area contributed by atoms with Crippen LogP contribution in [0.3, 0.4) is 0 Å². The number of halogens is 1. The van der Waals surface area contributed by atoms with Crippen LogP contribution in [0.5, 0.6) is 5.75 Å². The summed E-state index contributed by atoms with van der Waals surface area (Å²) in [5, 5.41) is 3.27. The summed E-state index contributed by atoms with van der Waals surface area (Å²) < 4.78 is 19.4. The third-order valence-corrected chi connectivity index (χ3v) is 5.13. The Morgan fingerprint density at radius 2 is 1.88 bits per heavy atom. The van der Waals surface area contributed by atoms with Crippen LogP contribution in [0, 0.1) is 5.82 Å². The number of benzene rings is 2. The second-order valence-corrected chi connectivity index (χ2v) is 6.62. The van der Waals surface area contributed by atoms with Gasteiger partial charge in [-0.05, 0) is 50.2 Å². The Kier molecular flexibility index (Phi) is 5.37. The lowest BCUT2D eigenvalue weighted by Crippen LogP contribution is -2.21. The molecule has 3 rings (SSSR count). The number of anilines is 2. The van der Waals surface area contributed by atoms with E-state index in [0.29, 0.717) is 16.4 Å². The molecule has 0 saturated heterocycles. The van der Waals surface area contributed by atoms with Crippen molar-refractivity contribution >= 4 is 38.3 Å². The molecule has 0 radical (unpaired) electrons. The first kappa shape index (κ1) is 18.1. The number of nitrogens with one attached hydrogen (secondary N) is 1. The normalized spacial score (nSPS) is 10.8. The van der Waals surface area contributed by atoms with E-state index in [4.69, 9.17) is 4.74 Å². The van der Waals surface area contributed by atoms with Crippen molar-refractivity contribution in [1.82, 2.24) is 4.98 Å². The van der Waals surface area contributed by atoms with Crippen molar-refractivity contribution in [3.8, 4) is 5.75 Å². The molecule has 136 valence electrons. The average molecular weight is 373 g/mol. The molecule has 0 unspecified atom stereocenters. The molecule has 1 heterocycles. The molecule has 7 heteroatoms. The Hall–Kier alpha value is -2.67. The van der Waals surface area contributed by atoms with Gasteiger partial charge in [-0.15, -0.1) is 0 Å². The maximum atomic E-state index is 13.0. The van der Waals surface area contributed by atoms with Crippen LogP contribution < -0.4 is 15.0 Å². The molecular formula is C19H20FN3O2S. The van der Waals surface area contributed by atoms with Crippen molar-refractivity contribution in [2.45, 2.75) is 13.8 Å². The molecule has 1 N–H and O–H groups in total. The lowest BCUT2D eigenvalue weighted by molar-refractivity contribution is 0.102. The Morgan fingerprint density at radius 1 is 1.19 bits per heavy atom. The van der Waals surface area contributed by atoms with E-state index in [9.17, 15) is 9.18 Å². The summed E-state index contributed by atoms with van der Waals surface area (Å²) in [4.78, 5) is 19.1. The van der Waals surface area contributed by atoms with Gasteiger partial charge >= 0.3 is 0 Å². The summed E-state index contributed by atoms with van der Waals surface area (Å²) in [6.45, 7) is 5.93. The van der Waals surface area contributed by atoms with Gasteiger partial charge in [-0.3, -0.25) is 10.1 Å². The van der Waals surface area contributed by atoms with Gasteiger partial charge in [0.1, 0.15) is 17.1 Å². The van der Waals surface area contributed by atoms with E-state index >= 15 is 0 Å². The molecule has 5 nitrogen and oxygen atoms in total. The maximum Gasteiger partial charge on any atom is 0.257 e. The largest absolute Gasteiger partial charge is 0.494 e. The topological polar surface area (TPSA) is 54.5 Å². The smallest absolute Gasteiger partial charge is 0.257 e. The van der Waals surface area contributed by atoms with Crippen molar-refractivity contribution in [1.29, 1.82) is 0 Å². The van der Waals surface area contributed by atoms with E-state index in [2.05, 4.69) is 29.0 Å². The summed E-state index contributed by atoms with van der Waals surface area (Å²) in [7, 11) is 1.60. The first-order chi connectivity index (χ1) is 12.6. The minimum absolute atomic E-state index is 0.326. The Bertz CT molecular complexity index is 920. The monoisotopic (exact) mass is 373 g/mol. The predicted octanol–water partition coefficient (Wildman–Crippen LogP) is 4.54. The van der Waals surface area contributed by atoms with E-state index in [1.807, 2.05) is 12.1 Å².